The van der Waals surface area contributed by atoms with E-state index in [2.05, 4.69) is 23.6 Å². The number of halogens is 2. The quantitative estimate of drug-likeness (QED) is 0.252. The fourth-order valence-corrected chi connectivity index (χ4v) is 4.84. The van der Waals surface area contributed by atoms with Crippen LogP contribution in [0.1, 0.15) is 23.1 Å². The van der Waals surface area contributed by atoms with Gasteiger partial charge in [0.1, 0.15) is 4.70 Å². The van der Waals surface area contributed by atoms with E-state index >= 15 is 0 Å². The molecule has 1 amide bonds. The number of hydrogen-bond donors (Lipinski definition) is 0. The number of nitrogens with zero attached hydrogens (tertiary/aromatic N) is 2. The molecule has 0 bridgehead atoms. The molecule has 0 fully saturated rings. The number of amides is 1. The van der Waals surface area contributed by atoms with Crippen LogP contribution in [0.4, 0.5) is 5.69 Å². The van der Waals surface area contributed by atoms with Crippen LogP contribution in [-0.2, 0) is 22.7 Å². The lowest BCUT2D eigenvalue weighted by molar-refractivity contribution is -0.663. The molecule has 4 nitrogen and oxygen atoms in total. The van der Waals surface area contributed by atoms with Gasteiger partial charge in [0, 0.05) is 37.0 Å². The Morgan fingerprint density at radius 2 is 1.76 bits per heavy atom. The lowest BCUT2D eigenvalue weighted by Crippen LogP contribution is -3.00. The summed E-state index contributed by atoms with van der Waals surface area (Å²) in [7, 11) is 0. The van der Waals surface area contributed by atoms with Gasteiger partial charge in [0.2, 0.25) is 16.4 Å². The predicted molar refractivity (Wildman–Crippen MR) is 131 cm³/mol. The molecular weight excluding hydrogens is 520 g/mol. The van der Waals surface area contributed by atoms with Crippen LogP contribution in [0.15, 0.2) is 72.8 Å². The topological polar surface area (TPSA) is 33.4 Å². The van der Waals surface area contributed by atoms with Crippen molar-refractivity contribution in [3.8, 4) is 0 Å². The van der Waals surface area contributed by atoms with Gasteiger partial charge < -0.3 is 26.6 Å². The first kappa shape index (κ1) is 25.4. The van der Waals surface area contributed by atoms with E-state index in [0.717, 1.165) is 28.3 Å². The van der Waals surface area contributed by atoms with Crippen LogP contribution in [0.5, 0.6) is 0 Å². The summed E-state index contributed by atoms with van der Waals surface area (Å²) < 4.78 is 9.30. The van der Waals surface area contributed by atoms with Crippen molar-refractivity contribution in [3.63, 3.8) is 0 Å². The number of ether oxygens (including phenoxy) is 1. The third kappa shape index (κ3) is 6.42. The number of carbonyl (C=O) groups is 1. The molecule has 0 aliphatic carbocycles. The smallest absolute Gasteiger partial charge is 0.235 e. The first-order valence-electron chi connectivity index (χ1n) is 10.6. The summed E-state index contributed by atoms with van der Waals surface area (Å²) in [6.07, 6.45) is 0. The fraction of sp³-hybridized carbons (Fsp3) is 0.231. The number of rotatable bonds is 8. The zero-order chi connectivity index (χ0) is 22.5. The maximum Gasteiger partial charge on any atom is 0.235 e. The minimum Gasteiger partial charge on any atom is -1.00 e. The number of aryl methyl sites for hydroxylation is 1. The van der Waals surface area contributed by atoms with Crippen molar-refractivity contribution in [1.82, 2.24) is 0 Å². The Bertz CT molecular complexity index is 1210. The highest BCUT2D eigenvalue weighted by atomic mass is 79.9. The second-order valence-electron chi connectivity index (χ2n) is 7.69. The van der Waals surface area contributed by atoms with E-state index in [1.54, 1.807) is 23.2 Å². The highest BCUT2D eigenvalue weighted by Gasteiger charge is 2.20. The number of carbonyl (C=O) groups excluding carboxylic acids is 1. The van der Waals surface area contributed by atoms with Crippen molar-refractivity contribution in [3.05, 3.63) is 94.0 Å². The third-order valence-electron chi connectivity index (χ3n) is 5.39. The average molecular weight is 546 g/mol. The molecule has 4 rings (SSSR count). The number of aromatic nitrogens is 1. The van der Waals surface area contributed by atoms with Crippen molar-refractivity contribution in [2.75, 3.05) is 18.1 Å². The molecule has 0 N–H and O–H groups in total. The van der Waals surface area contributed by atoms with Crippen LogP contribution in [0.3, 0.4) is 0 Å². The minimum absolute atomic E-state index is 0. The predicted octanol–water partition coefficient (Wildman–Crippen LogP) is 2.77. The first-order valence-corrected chi connectivity index (χ1v) is 11.8. The van der Waals surface area contributed by atoms with Crippen molar-refractivity contribution in [2.24, 2.45) is 0 Å². The molecule has 3 aromatic carbocycles. The molecule has 33 heavy (non-hydrogen) atoms. The van der Waals surface area contributed by atoms with Crippen molar-refractivity contribution < 1.29 is 31.1 Å². The molecule has 172 valence electrons. The molecule has 0 aliphatic rings. The molecule has 0 spiro atoms. The van der Waals surface area contributed by atoms with E-state index in [4.69, 9.17) is 16.3 Å². The van der Waals surface area contributed by atoms with Gasteiger partial charge in [0.05, 0.1) is 18.9 Å². The molecule has 0 aliphatic heterocycles. The van der Waals surface area contributed by atoms with E-state index in [1.807, 2.05) is 60.7 Å². The van der Waals surface area contributed by atoms with Crippen molar-refractivity contribution >= 4 is 44.7 Å². The van der Waals surface area contributed by atoms with Crippen LogP contribution in [0, 0.1) is 6.92 Å². The summed E-state index contributed by atoms with van der Waals surface area (Å²) in [5, 5.41) is 1.95. The Kier molecular flexibility index (Phi) is 9.03. The SMILES string of the molecule is CC(=O)N(CCOCc1ccccc1)c1ccc2sc(C)[n+](Cc3ccc(Cl)cc3)c2c1.[Br-]. The maximum absolute atomic E-state index is 12.4. The largest absolute Gasteiger partial charge is 1.00 e. The minimum atomic E-state index is 0. The fourth-order valence-electron chi connectivity index (χ4n) is 3.71. The van der Waals surface area contributed by atoms with Crippen LogP contribution in [0.2, 0.25) is 5.02 Å². The van der Waals surface area contributed by atoms with Crippen LogP contribution < -0.4 is 26.4 Å². The highest BCUT2D eigenvalue weighted by molar-refractivity contribution is 7.18. The Morgan fingerprint density at radius 3 is 2.45 bits per heavy atom. The molecule has 0 saturated heterocycles. The van der Waals surface area contributed by atoms with Gasteiger partial charge in [-0.2, -0.15) is 4.57 Å². The lowest BCUT2D eigenvalue weighted by atomic mass is 10.2. The number of hydrogen-bond acceptors (Lipinski definition) is 3. The number of anilines is 1. The van der Waals surface area contributed by atoms with Gasteiger partial charge in [-0.3, -0.25) is 4.79 Å². The summed E-state index contributed by atoms with van der Waals surface area (Å²) in [6.45, 7) is 6.00. The van der Waals surface area contributed by atoms with Gasteiger partial charge in [-0.05, 0) is 29.8 Å². The lowest BCUT2D eigenvalue weighted by Gasteiger charge is -2.21. The Labute approximate surface area is 214 Å². The zero-order valence-corrected chi connectivity index (χ0v) is 21.8. The van der Waals surface area contributed by atoms with E-state index in [-0.39, 0.29) is 22.9 Å². The van der Waals surface area contributed by atoms with Gasteiger partial charge in [0.15, 0.2) is 6.54 Å². The molecule has 0 radical (unpaired) electrons. The Morgan fingerprint density at radius 1 is 1.03 bits per heavy atom. The van der Waals surface area contributed by atoms with Gasteiger partial charge in [0.25, 0.3) is 0 Å². The van der Waals surface area contributed by atoms with Gasteiger partial charge >= 0.3 is 0 Å². The van der Waals surface area contributed by atoms with E-state index < -0.39 is 0 Å². The first-order chi connectivity index (χ1) is 15.5. The highest BCUT2D eigenvalue weighted by Crippen LogP contribution is 2.26. The van der Waals surface area contributed by atoms with E-state index in [0.29, 0.717) is 19.8 Å². The number of benzene rings is 3. The van der Waals surface area contributed by atoms with Gasteiger partial charge in [-0.1, -0.05) is 65.4 Å². The molecule has 4 aromatic rings. The monoisotopic (exact) mass is 544 g/mol. The summed E-state index contributed by atoms with van der Waals surface area (Å²) in [5.74, 6) is 0.00358. The Balaban J connectivity index is 0.00000306. The van der Waals surface area contributed by atoms with Gasteiger partial charge in [-0.25, -0.2) is 0 Å². The number of fused-ring (bicyclic) bond motifs is 1. The van der Waals surface area contributed by atoms with Crippen LogP contribution in [0.25, 0.3) is 10.2 Å². The summed E-state index contributed by atoms with van der Waals surface area (Å²) in [4.78, 5) is 14.2. The third-order valence-corrected chi connectivity index (χ3v) is 6.72. The molecule has 0 saturated carbocycles. The maximum atomic E-state index is 12.4. The standard InChI is InChI=1S/C26H26ClN2O2S.BrH/c1-19(30)28(14-15-31-18-22-6-4-3-5-7-22)24-12-13-26-25(16-24)29(20(2)32-26)17-21-8-10-23(27)11-9-21;/h3-13,16H,14-15,17-18H2,1-2H3;1H/q+1;/p-1. The second-order valence-corrected chi connectivity index (χ2v) is 9.37. The van der Waals surface area contributed by atoms with E-state index in [1.165, 1.54) is 15.3 Å². The molecule has 7 heteroatoms. The summed E-state index contributed by atoms with van der Waals surface area (Å²) in [6, 6.07) is 24.2. The normalized spacial score (nSPS) is 10.8. The van der Waals surface area contributed by atoms with E-state index in [9.17, 15) is 4.79 Å². The van der Waals surface area contributed by atoms with Crippen LogP contribution in [-0.4, -0.2) is 19.1 Å². The average Bonchev–Trinajstić information content (AvgIpc) is 3.10. The molecular formula is C26H26BrClN2O2S. The molecule has 1 aromatic heterocycles. The summed E-state index contributed by atoms with van der Waals surface area (Å²) >= 11 is 7.80. The zero-order valence-electron chi connectivity index (χ0n) is 18.6. The van der Waals surface area contributed by atoms with Crippen molar-refractivity contribution in [1.29, 1.82) is 0 Å². The Hall–Kier alpha value is -2.25. The van der Waals surface area contributed by atoms with Crippen molar-refractivity contribution in [2.45, 2.75) is 27.0 Å². The molecule has 0 atom stereocenters. The molecule has 1 heterocycles. The van der Waals surface area contributed by atoms with Crippen LogP contribution >= 0.6 is 22.9 Å². The molecule has 0 unspecified atom stereocenters. The summed E-state index contributed by atoms with van der Waals surface area (Å²) in [5.41, 5.74) is 4.32. The van der Waals surface area contributed by atoms with Gasteiger partial charge in [-0.15, -0.1) is 0 Å². The second kappa shape index (κ2) is 11.7. The number of thiazole rings is 1.